The zero-order valence-electron chi connectivity index (χ0n) is 9.80. The molecule has 1 aromatic rings. The van der Waals surface area contributed by atoms with Crippen molar-refractivity contribution in [3.05, 3.63) is 35.6 Å². The quantitative estimate of drug-likeness (QED) is 0.859. The van der Waals surface area contributed by atoms with Crippen molar-refractivity contribution in [1.29, 1.82) is 0 Å². The summed E-state index contributed by atoms with van der Waals surface area (Å²) >= 11 is 0. The number of hydrogen-bond acceptors (Lipinski definition) is 3. The fraction of sp³-hybridized carbons (Fsp3) is 0.455. The summed E-state index contributed by atoms with van der Waals surface area (Å²) in [7, 11) is -2.24. The minimum absolute atomic E-state index is 0.129. The second kappa shape index (κ2) is 5.57. The Hall–Kier alpha value is -0.980. The van der Waals surface area contributed by atoms with E-state index in [1.165, 1.54) is 25.2 Å². The smallest absolute Gasteiger partial charge is 0.218 e. The van der Waals surface area contributed by atoms with E-state index in [0.717, 1.165) is 4.31 Å². The van der Waals surface area contributed by atoms with Crippen molar-refractivity contribution >= 4 is 10.0 Å². The Bertz CT molecular complexity index is 475. The zero-order valence-corrected chi connectivity index (χ0v) is 10.6. The topological polar surface area (TPSA) is 57.6 Å². The van der Waals surface area contributed by atoms with Crippen LogP contribution in [0.1, 0.15) is 12.5 Å². The number of likely N-dealkylation sites (N-methyl/N-ethyl adjacent to an activating group) is 1. The lowest BCUT2D eigenvalue weighted by Gasteiger charge is -2.22. The summed E-state index contributed by atoms with van der Waals surface area (Å²) in [5.74, 6) is -0.943. The average molecular weight is 261 g/mol. The monoisotopic (exact) mass is 261 g/mol. The molecule has 0 saturated carbocycles. The van der Waals surface area contributed by atoms with E-state index < -0.39 is 27.6 Å². The molecule has 1 atom stereocenters. The van der Waals surface area contributed by atoms with E-state index in [9.17, 15) is 12.8 Å². The molecule has 0 saturated heterocycles. The largest absolute Gasteiger partial charge is 0.395 e. The van der Waals surface area contributed by atoms with Gasteiger partial charge >= 0.3 is 0 Å². The predicted molar refractivity (Wildman–Crippen MR) is 63.3 cm³/mol. The van der Waals surface area contributed by atoms with Crippen LogP contribution in [0.2, 0.25) is 0 Å². The Balaban J connectivity index is 2.91. The number of benzene rings is 1. The molecule has 1 N–H and O–H groups in total. The van der Waals surface area contributed by atoms with Crippen LogP contribution in [0.3, 0.4) is 0 Å². The maximum absolute atomic E-state index is 13.3. The van der Waals surface area contributed by atoms with Crippen molar-refractivity contribution in [1.82, 2.24) is 4.31 Å². The van der Waals surface area contributed by atoms with Crippen molar-refractivity contribution in [2.24, 2.45) is 0 Å². The fourth-order valence-corrected chi connectivity index (χ4v) is 2.75. The average Bonchev–Trinajstić information content (AvgIpc) is 2.30. The van der Waals surface area contributed by atoms with Crippen molar-refractivity contribution in [2.45, 2.75) is 18.7 Å². The lowest BCUT2D eigenvalue weighted by Crippen LogP contribution is -2.38. The van der Waals surface area contributed by atoms with Crippen LogP contribution in [0.25, 0.3) is 0 Å². The summed E-state index contributed by atoms with van der Waals surface area (Å²) < 4.78 is 38.2. The van der Waals surface area contributed by atoms with Gasteiger partial charge in [-0.3, -0.25) is 0 Å². The molecule has 1 unspecified atom stereocenters. The first-order valence-corrected chi connectivity index (χ1v) is 6.79. The van der Waals surface area contributed by atoms with Gasteiger partial charge in [-0.05, 0) is 13.0 Å². The van der Waals surface area contributed by atoms with Gasteiger partial charge in [0.2, 0.25) is 10.0 Å². The molecule has 4 nitrogen and oxygen atoms in total. The number of rotatable bonds is 5. The second-order valence-electron chi connectivity index (χ2n) is 3.90. The van der Waals surface area contributed by atoms with Gasteiger partial charge in [0.15, 0.2) is 0 Å². The van der Waals surface area contributed by atoms with Gasteiger partial charge in [-0.1, -0.05) is 18.2 Å². The summed E-state index contributed by atoms with van der Waals surface area (Å²) in [5.41, 5.74) is 0.129. The molecule has 0 heterocycles. The first-order chi connectivity index (χ1) is 7.88. The van der Waals surface area contributed by atoms with E-state index in [1.807, 2.05) is 0 Å². The van der Waals surface area contributed by atoms with E-state index in [4.69, 9.17) is 5.11 Å². The van der Waals surface area contributed by atoms with E-state index in [1.54, 1.807) is 13.0 Å². The highest BCUT2D eigenvalue weighted by Gasteiger charge is 2.24. The lowest BCUT2D eigenvalue weighted by molar-refractivity contribution is 0.213. The molecule has 1 rings (SSSR count). The molecule has 96 valence electrons. The van der Waals surface area contributed by atoms with E-state index >= 15 is 0 Å². The third kappa shape index (κ3) is 3.49. The molecule has 0 amide bonds. The van der Waals surface area contributed by atoms with E-state index in [0.29, 0.717) is 0 Å². The van der Waals surface area contributed by atoms with Crippen molar-refractivity contribution < 1.29 is 17.9 Å². The summed E-state index contributed by atoms with van der Waals surface area (Å²) in [6.45, 7) is 1.31. The Morgan fingerprint density at radius 3 is 2.53 bits per heavy atom. The highest BCUT2D eigenvalue weighted by atomic mass is 32.2. The van der Waals surface area contributed by atoms with Crippen LogP contribution in [0.5, 0.6) is 0 Å². The van der Waals surface area contributed by atoms with Gasteiger partial charge in [0, 0.05) is 18.7 Å². The van der Waals surface area contributed by atoms with Crippen molar-refractivity contribution in [3.8, 4) is 0 Å². The molecule has 0 fully saturated rings. The standard InChI is InChI=1S/C11H16FNO3S/c1-9(7-14)13(2)17(15,16)8-10-5-3-4-6-11(10)12/h3-6,9,14H,7-8H2,1-2H3. The van der Waals surface area contributed by atoms with Crippen LogP contribution in [0.15, 0.2) is 24.3 Å². The lowest BCUT2D eigenvalue weighted by atomic mass is 10.2. The maximum Gasteiger partial charge on any atom is 0.218 e. The molecular formula is C11H16FNO3S. The molecule has 6 heteroatoms. The molecule has 0 aliphatic heterocycles. The minimum atomic E-state index is -3.61. The van der Waals surface area contributed by atoms with Gasteiger partial charge < -0.3 is 5.11 Å². The Kier molecular flexibility index (Phi) is 4.62. The molecule has 0 aliphatic rings. The summed E-state index contributed by atoms with van der Waals surface area (Å²) in [6, 6.07) is 5.23. The number of hydrogen-bond donors (Lipinski definition) is 1. The van der Waals surface area contributed by atoms with Gasteiger partial charge in [-0.2, -0.15) is 4.31 Å². The van der Waals surface area contributed by atoms with Crippen molar-refractivity contribution in [3.63, 3.8) is 0 Å². The number of aliphatic hydroxyl groups excluding tert-OH is 1. The third-order valence-electron chi connectivity index (χ3n) is 2.62. The molecule has 0 spiro atoms. The third-order valence-corrected chi connectivity index (χ3v) is 4.53. The second-order valence-corrected chi connectivity index (χ2v) is 5.92. The Morgan fingerprint density at radius 2 is 2.00 bits per heavy atom. The van der Waals surface area contributed by atoms with Crippen LogP contribution in [0.4, 0.5) is 4.39 Å². The number of aliphatic hydroxyl groups is 1. The van der Waals surface area contributed by atoms with Crippen molar-refractivity contribution in [2.75, 3.05) is 13.7 Å². The van der Waals surface area contributed by atoms with E-state index in [-0.39, 0.29) is 12.2 Å². The number of sulfonamides is 1. The molecular weight excluding hydrogens is 245 g/mol. The Morgan fingerprint density at radius 1 is 1.41 bits per heavy atom. The van der Waals surface area contributed by atoms with Gasteiger partial charge in [0.25, 0.3) is 0 Å². The first-order valence-electron chi connectivity index (χ1n) is 5.18. The first kappa shape index (κ1) is 14.1. The van der Waals surface area contributed by atoms with Crippen LogP contribution in [-0.4, -0.2) is 37.5 Å². The SMILES string of the molecule is CC(CO)N(C)S(=O)(=O)Cc1ccccc1F. The molecule has 1 aromatic carbocycles. The highest BCUT2D eigenvalue weighted by Crippen LogP contribution is 2.14. The summed E-state index contributed by atoms with van der Waals surface area (Å²) in [5, 5.41) is 8.91. The van der Waals surface area contributed by atoms with Gasteiger partial charge in [0.05, 0.1) is 12.4 Å². The van der Waals surface area contributed by atoms with Gasteiger partial charge in [-0.15, -0.1) is 0 Å². The Labute approximate surface area is 101 Å². The van der Waals surface area contributed by atoms with Crippen LogP contribution in [-0.2, 0) is 15.8 Å². The van der Waals surface area contributed by atoms with E-state index in [2.05, 4.69) is 0 Å². The van der Waals surface area contributed by atoms with Crippen LogP contribution < -0.4 is 0 Å². The molecule has 0 aromatic heterocycles. The van der Waals surface area contributed by atoms with Gasteiger partial charge in [0.1, 0.15) is 5.82 Å². The molecule has 0 bridgehead atoms. The van der Waals surface area contributed by atoms with Gasteiger partial charge in [-0.25, -0.2) is 12.8 Å². The highest BCUT2D eigenvalue weighted by molar-refractivity contribution is 7.88. The molecule has 0 aliphatic carbocycles. The normalized spacial score (nSPS) is 13.9. The minimum Gasteiger partial charge on any atom is -0.395 e. The number of nitrogens with zero attached hydrogens (tertiary/aromatic N) is 1. The summed E-state index contributed by atoms with van der Waals surface area (Å²) in [6.07, 6.45) is 0. The predicted octanol–water partition coefficient (Wildman–Crippen LogP) is 0.968. The maximum atomic E-state index is 13.3. The van der Waals surface area contributed by atoms with Crippen LogP contribution in [0, 0.1) is 5.82 Å². The fourth-order valence-electron chi connectivity index (χ4n) is 1.30. The van der Waals surface area contributed by atoms with Crippen LogP contribution >= 0.6 is 0 Å². The zero-order chi connectivity index (χ0) is 13.1. The molecule has 17 heavy (non-hydrogen) atoms. The summed E-state index contributed by atoms with van der Waals surface area (Å²) in [4.78, 5) is 0. The molecule has 0 radical (unpaired) electrons. The number of halogens is 1.